The molecule has 4 aromatic rings. The lowest BCUT2D eigenvalue weighted by atomic mass is 10.2. The lowest BCUT2D eigenvalue weighted by Crippen LogP contribution is -2.19. The summed E-state index contributed by atoms with van der Waals surface area (Å²) in [6.07, 6.45) is -5.84. The van der Waals surface area contributed by atoms with Crippen LogP contribution in [0.1, 0.15) is 16.3 Å². The number of hydrogen-bond acceptors (Lipinski definition) is 8. The normalized spacial score (nSPS) is 12.2. The highest BCUT2D eigenvalue weighted by Crippen LogP contribution is 2.35. The molecule has 4 rings (SSSR count). The summed E-state index contributed by atoms with van der Waals surface area (Å²) >= 11 is 1.05. The second-order valence-electron chi connectivity index (χ2n) is 6.28. The molecule has 0 unspecified atom stereocenters. The van der Waals surface area contributed by atoms with E-state index in [0.717, 1.165) is 17.4 Å². The van der Waals surface area contributed by atoms with E-state index in [0.29, 0.717) is 21.6 Å². The fourth-order valence-corrected chi connectivity index (χ4v) is 3.56. The maximum Gasteiger partial charge on any atom is 0.471 e. The number of thiophene rings is 1. The van der Waals surface area contributed by atoms with Gasteiger partial charge in [-0.3, -0.25) is 4.98 Å². The van der Waals surface area contributed by atoms with Crippen LogP contribution in [0.2, 0.25) is 0 Å². The second-order valence-corrected chi connectivity index (χ2v) is 7.45. The van der Waals surface area contributed by atoms with Crippen LogP contribution >= 0.6 is 11.3 Å². The average Bonchev–Trinajstić information content (AvgIpc) is 3.41. The maximum absolute atomic E-state index is 13.1. The molecular formula is C18H10F6N6OS. The Bertz CT molecular complexity index is 1210. The monoisotopic (exact) mass is 472 g/mol. The molecule has 0 radical (unpaired) electrons. The van der Waals surface area contributed by atoms with Gasteiger partial charge in [0.05, 0.1) is 35.1 Å². The highest BCUT2D eigenvalue weighted by molar-refractivity contribution is 7.15. The Morgan fingerprint density at radius 1 is 1.00 bits per heavy atom. The van der Waals surface area contributed by atoms with Gasteiger partial charge >= 0.3 is 18.2 Å². The molecule has 0 bridgehead atoms. The van der Waals surface area contributed by atoms with E-state index >= 15 is 0 Å². The number of hydrogen-bond donors (Lipinski definition) is 0. The lowest BCUT2D eigenvalue weighted by Gasteiger charge is -2.23. The number of alkyl halides is 6. The summed E-state index contributed by atoms with van der Waals surface area (Å²) in [7, 11) is 0. The van der Waals surface area contributed by atoms with Gasteiger partial charge in [-0.25, -0.2) is 0 Å². The van der Waals surface area contributed by atoms with Crippen molar-refractivity contribution in [3.8, 4) is 10.7 Å². The van der Waals surface area contributed by atoms with E-state index in [1.165, 1.54) is 23.4 Å². The molecule has 0 saturated carbocycles. The highest BCUT2D eigenvalue weighted by atomic mass is 32.1. The summed E-state index contributed by atoms with van der Waals surface area (Å²) in [5.74, 6) is -1.80. The zero-order valence-corrected chi connectivity index (χ0v) is 16.4. The molecule has 32 heavy (non-hydrogen) atoms. The molecule has 4 aromatic heterocycles. The van der Waals surface area contributed by atoms with Crippen molar-refractivity contribution in [2.45, 2.75) is 18.9 Å². The molecule has 0 saturated heterocycles. The number of rotatable bonds is 5. The second kappa shape index (κ2) is 8.18. The van der Waals surface area contributed by atoms with Crippen LogP contribution in [0.15, 0.2) is 53.4 Å². The molecule has 166 valence electrons. The Hall–Kier alpha value is -3.55. The molecule has 0 aliphatic carbocycles. The number of halogens is 6. The first-order chi connectivity index (χ1) is 15.1. The first kappa shape index (κ1) is 21.7. The average molecular weight is 472 g/mol. The quantitative estimate of drug-likeness (QED) is 0.362. The minimum absolute atomic E-state index is 0.0380. The molecule has 0 amide bonds. The number of nitrogens with zero attached hydrogens (tertiary/aromatic N) is 6. The van der Waals surface area contributed by atoms with E-state index in [2.05, 4.69) is 29.8 Å². The molecule has 0 aliphatic heterocycles. The van der Waals surface area contributed by atoms with Crippen LogP contribution in [0.3, 0.4) is 0 Å². The smallest absolute Gasteiger partial charge is 0.329 e. The van der Waals surface area contributed by atoms with Crippen LogP contribution in [-0.2, 0) is 18.9 Å². The Morgan fingerprint density at radius 3 is 2.47 bits per heavy atom. The van der Waals surface area contributed by atoms with E-state index in [4.69, 9.17) is 0 Å². The van der Waals surface area contributed by atoms with Gasteiger partial charge < -0.3 is 9.42 Å². The third-order valence-corrected chi connectivity index (χ3v) is 5.13. The SMILES string of the molecule is FC(F)(F)c1cnnc(N(Cc2ccc(-c3noc(C(F)(F)F)n3)s2)c2cccnc2)c1. The summed E-state index contributed by atoms with van der Waals surface area (Å²) in [5.41, 5.74) is -0.537. The van der Waals surface area contributed by atoms with Crippen LogP contribution in [0, 0.1) is 0 Å². The first-order valence-corrected chi connectivity index (χ1v) is 9.50. The standard InChI is InChI=1S/C18H10F6N6OS/c19-17(20,21)10-6-14(28-26-7-10)30(11-2-1-5-25-8-11)9-12-3-4-13(32-12)15-27-16(31-29-15)18(22,23)24/h1-8H,9H2. The molecule has 0 spiro atoms. The van der Waals surface area contributed by atoms with Crippen molar-refractivity contribution in [1.82, 2.24) is 25.3 Å². The van der Waals surface area contributed by atoms with Gasteiger partial charge in [-0.05, 0) is 30.3 Å². The van der Waals surface area contributed by atoms with Crippen molar-refractivity contribution in [3.63, 3.8) is 0 Å². The zero-order chi connectivity index (χ0) is 22.9. The Morgan fingerprint density at radius 2 is 1.81 bits per heavy atom. The summed E-state index contributed by atoms with van der Waals surface area (Å²) in [6, 6.07) is 7.15. The minimum atomic E-state index is -4.77. The zero-order valence-electron chi connectivity index (χ0n) is 15.6. The summed E-state index contributed by atoms with van der Waals surface area (Å²) < 4.78 is 81.7. The lowest BCUT2D eigenvalue weighted by molar-refractivity contribution is -0.159. The van der Waals surface area contributed by atoms with Crippen LogP contribution < -0.4 is 4.90 Å². The largest absolute Gasteiger partial charge is 0.471 e. The van der Waals surface area contributed by atoms with Crippen LogP contribution in [0.5, 0.6) is 0 Å². The molecule has 4 heterocycles. The molecule has 0 aromatic carbocycles. The van der Waals surface area contributed by atoms with Crippen molar-refractivity contribution < 1.29 is 30.9 Å². The maximum atomic E-state index is 13.1. The summed E-state index contributed by atoms with van der Waals surface area (Å²) in [6.45, 7) is 0.0380. The predicted octanol–water partition coefficient (Wildman–Crippen LogP) is 5.36. The number of aromatic nitrogens is 5. The van der Waals surface area contributed by atoms with Crippen molar-refractivity contribution in [2.24, 2.45) is 0 Å². The van der Waals surface area contributed by atoms with E-state index in [9.17, 15) is 26.3 Å². The minimum Gasteiger partial charge on any atom is -0.329 e. The van der Waals surface area contributed by atoms with Crippen LogP contribution in [-0.4, -0.2) is 25.3 Å². The van der Waals surface area contributed by atoms with Gasteiger partial charge in [0.1, 0.15) is 0 Å². The molecular weight excluding hydrogens is 462 g/mol. The van der Waals surface area contributed by atoms with Crippen molar-refractivity contribution in [2.75, 3.05) is 4.90 Å². The molecule has 0 fully saturated rings. The predicted molar refractivity (Wildman–Crippen MR) is 99.7 cm³/mol. The van der Waals surface area contributed by atoms with Crippen molar-refractivity contribution >= 4 is 22.8 Å². The van der Waals surface area contributed by atoms with Gasteiger partial charge in [-0.15, -0.1) is 16.4 Å². The summed E-state index contributed by atoms with van der Waals surface area (Å²) in [5, 5.41) is 10.6. The molecule has 0 N–H and O–H groups in total. The van der Waals surface area contributed by atoms with E-state index in [1.54, 1.807) is 18.2 Å². The Kier molecular flexibility index (Phi) is 5.54. The molecule has 0 atom stereocenters. The highest BCUT2D eigenvalue weighted by Gasteiger charge is 2.38. The van der Waals surface area contributed by atoms with E-state index < -0.39 is 23.8 Å². The van der Waals surface area contributed by atoms with Gasteiger partial charge in [-0.1, -0.05) is 5.16 Å². The summed E-state index contributed by atoms with van der Waals surface area (Å²) in [4.78, 5) is 9.63. The molecule has 7 nitrogen and oxygen atoms in total. The first-order valence-electron chi connectivity index (χ1n) is 8.69. The topological polar surface area (TPSA) is 80.8 Å². The Labute approximate surface area is 179 Å². The van der Waals surface area contributed by atoms with Gasteiger partial charge in [0.25, 0.3) is 0 Å². The van der Waals surface area contributed by atoms with Crippen molar-refractivity contribution in [3.05, 3.63) is 65.3 Å². The van der Waals surface area contributed by atoms with Gasteiger partial charge in [0, 0.05) is 11.1 Å². The molecule has 14 heteroatoms. The Balaban J connectivity index is 1.66. The number of anilines is 2. The van der Waals surface area contributed by atoms with Gasteiger partial charge in [0.2, 0.25) is 5.82 Å². The fourth-order valence-electron chi connectivity index (χ4n) is 2.64. The van der Waals surface area contributed by atoms with Crippen LogP contribution in [0.25, 0.3) is 10.7 Å². The van der Waals surface area contributed by atoms with Gasteiger partial charge in [-0.2, -0.15) is 36.4 Å². The molecule has 0 aliphatic rings. The van der Waals surface area contributed by atoms with Gasteiger partial charge in [0.15, 0.2) is 5.82 Å². The fraction of sp³-hybridized carbons (Fsp3) is 0.167. The van der Waals surface area contributed by atoms with Crippen molar-refractivity contribution in [1.29, 1.82) is 0 Å². The third-order valence-electron chi connectivity index (χ3n) is 4.07. The van der Waals surface area contributed by atoms with E-state index in [1.807, 2.05) is 0 Å². The van der Waals surface area contributed by atoms with E-state index in [-0.39, 0.29) is 18.2 Å². The number of pyridine rings is 1. The third kappa shape index (κ3) is 4.69. The van der Waals surface area contributed by atoms with Crippen LogP contribution in [0.4, 0.5) is 37.8 Å².